The van der Waals surface area contributed by atoms with Crippen molar-refractivity contribution in [3.8, 4) is 11.4 Å². The predicted molar refractivity (Wildman–Crippen MR) is 69.3 cm³/mol. The van der Waals surface area contributed by atoms with E-state index < -0.39 is 5.54 Å². The normalized spacial score (nSPS) is 14.6. The van der Waals surface area contributed by atoms with E-state index in [0.29, 0.717) is 11.7 Å². The van der Waals surface area contributed by atoms with Gasteiger partial charge in [0.2, 0.25) is 11.7 Å². The van der Waals surface area contributed by atoms with Crippen LogP contribution in [0.15, 0.2) is 33.3 Å². The van der Waals surface area contributed by atoms with Crippen molar-refractivity contribution in [3.05, 3.63) is 34.6 Å². The maximum atomic E-state index is 6.05. The average molecular weight is 296 g/mol. The van der Waals surface area contributed by atoms with Crippen LogP contribution in [0.3, 0.4) is 0 Å². The van der Waals surface area contributed by atoms with E-state index in [-0.39, 0.29) is 0 Å². The molecule has 1 aromatic carbocycles. The number of nitrogens with zero attached hydrogens (tertiary/aromatic N) is 2. The molecule has 0 fully saturated rings. The van der Waals surface area contributed by atoms with Crippen molar-refractivity contribution in [2.45, 2.75) is 25.8 Å². The third-order valence-corrected chi connectivity index (χ3v) is 3.28. The molecule has 1 aromatic heterocycles. The first-order valence-electron chi connectivity index (χ1n) is 5.42. The lowest BCUT2D eigenvalue weighted by atomic mass is 10.0. The molecule has 0 bridgehead atoms. The zero-order valence-electron chi connectivity index (χ0n) is 9.77. The largest absolute Gasteiger partial charge is 0.337 e. The van der Waals surface area contributed by atoms with Crippen LogP contribution in [0.4, 0.5) is 0 Å². The van der Waals surface area contributed by atoms with Crippen LogP contribution >= 0.6 is 15.9 Å². The molecule has 2 aromatic rings. The molecule has 0 aliphatic carbocycles. The highest BCUT2D eigenvalue weighted by Crippen LogP contribution is 2.24. The van der Waals surface area contributed by atoms with Crippen LogP contribution in [0, 0.1) is 0 Å². The fourth-order valence-electron chi connectivity index (χ4n) is 1.32. The molecule has 0 amide bonds. The van der Waals surface area contributed by atoms with Gasteiger partial charge in [0.1, 0.15) is 0 Å². The maximum absolute atomic E-state index is 6.05. The summed E-state index contributed by atoms with van der Waals surface area (Å²) in [6.45, 7) is 3.87. The van der Waals surface area contributed by atoms with Crippen LogP contribution in [0.2, 0.25) is 0 Å². The summed E-state index contributed by atoms with van der Waals surface area (Å²) in [4.78, 5) is 4.33. The van der Waals surface area contributed by atoms with Crippen molar-refractivity contribution in [2.24, 2.45) is 5.73 Å². The van der Waals surface area contributed by atoms with Crippen LogP contribution in [0.25, 0.3) is 11.4 Å². The van der Waals surface area contributed by atoms with Gasteiger partial charge in [0.15, 0.2) is 0 Å². The first-order chi connectivity index (χ1) is 8.03. The van der Waals surface area contributed by atoms with E-state index in [1.54, 1.807) is 0 Å². The molecule has 0 aliphatic rings. The average Bonchev–Trinajstić information content (AvgIpc) is 2.80. The summed E-state index contributed by atoms with van der Waals surface area (Å²) in [6.07, 6.45) is 0.745. The fraction of sp³-hybridized carbons (Fsp3) is 0.333. The Kier molecular flexibility index (Phi) is 3.31. The van der Waals surface area contributed by atoms with Crippen LogP contribution in [0.1, 0.15) is 26.2 Å². The van der Waals surface area contributed by atoms with E-state index in [2.05, 4.69) is 26.1 Å². The van der Waals surface area contributed by atoms with Gasteiger partial charge in [0.25, 0.3) is 0 Å². The van der Waals surface area contributed by atoms with Crippen molar-refractivity contribution in [2.75, 3.05) is 0 Å². The van der Waals surface area contributed by atoms with Crippen LogP contribution in [-0.2, 0) is 5.54 Å². The molecule has 1 unspecified atom stereocenters. The number of hydrogen-bond acceptors (Lipinski definition) is 4. The highest BCUT2D eigenvalue weighted by atomic mass is 79.9. The lowest BCUT2D eigenvalue weighted by Crippen LogP contribution is -2.32. The zero-order chi connectivity index (χ0) is 12.5. The van der Waals surface area contributed by atoms with Gasteiger partial charge in [0.05, 0.1) is 5.54 Å². The Morgan fingerprint density at radius 3 is 2.59 bits per heavy atom. The minimum atomic E-state index is -0.569. The SMILES string of the molecule is CCC(C)(N)c1nc(-c2ccc(Br)cc2)no1. The summed E-state index contributed by atoms with van der Waals surface area (Å²) < 4.78 is 6.22. The molecule has 5 heteroatoms. The molecular formula is C12H14BrN3O. The quantitative estimate of drug-likeness (QED) is 0.945. The van der Waals surface area contributed by atoms with Gasteiger partial charge in [-0.3, -0.25) is 0 Å². The molecule has 0 radical (unpaired) electrons. The number of rotatable bonds is 3. The maximum Gasteiger partial charge on any atom is 0.246 e. The van der Waals surface area contributed by atoms with E-state index in [1.807, 2.05) is 38.1 Å². The topological polar surface area (TPSA) is 64.9 Å². The summed E-state index contributed by atoms with van der Waals surface area (Å²) in [5.41, 5.74) is 6.39. The molecule has 4 nitrogen and oxygen atoms in total. The number of aromatic nitrogens is 2. The van der Waals surface area contributed by atoms with Gasteiger partial charge in [0, 0.05) is 10.0 Å². The third kappa shape index (κ3) is 2.56. The van der Waals surface area contributed by atoms with Crippen LogP contribution in [-0.4, -0.2) is 10.1 Å². The van der Waals surface area contributed by atoms with Crippen molar-refractivity contribution in [1.82, 2.24) is 10.1 Å². The van der Waals surface area contributed by atoms with Gasteiger partial charge in [-0.25, -0.2) is 0 Å². The molecule has 90 valence electrons. The second-order valence-electron chi connectivity index (χ2n) is 4.20. The van der Waals surface area contributed by atoms with Gasteiger partial charge >= 0.3 is 0 Å². The Hall–Kier alpha value is -1.20. The van der Waals surface area contributed by atoms with Gasteiger partial charge in [-0.05, 0) is 37.6 Å². The summed E-state index contributed by atoms with van der Waals surface area (Å²) in [7, 11) is 0. The standard InChI is InChI=1S/C12H14BrN3O/c1-3-12(2,14)11-15-10(16-17-11)8-4-6-9(13)7-5-8/h4-7H,3,14H2,1-2H3. The molecule has 2 N–H and O–H groups in total. The summed E-state index contributed by atoms with van der Waals surface area (Å²) in [6, 6.07) is 7.73. The Morgan fingerprint density at radius 1 is 1.35 bits per heavy atom. The fourth-order valence-corrected chi connectivity index (χ4v) is 1.59. The molecule has 0 saturated heterocycles. The zero-order valence-corrected chi connectivity index (χ0v) is 11.4. The van der Waals surface area contributed by atoms with Crippen LogP contribution in [0.5, 0.6) is 0 Å². The van der Waals surface area contributed by atoms with Crippen molar-refractivity contribution in [1.29, 1.82) is 0 Å². The smallest absolute Gasteiger partial charge is 0.246 e. The number of hydrogen-bond donors (Lipinski definition) is 1. The van der Waals surface area contributed by atoms with Gasteiger partial charge in [-0.1, -0.05) is 28.0 Å². The highest BCUT2D eigenvalue weighted by Gasteiger charge is 2.26. The second kappa shape index (κ2) is 4.58. The lowest BCUT2D eigenvalue weighted by Gasteiger charge is -2.16. The minimum Gasteiger partial charge on any atom is -0.337 e. The first kappa shape index (κ1) is 12.3. The van der Waals surface area contributed by atoms with E-state index in [1.165, 1.54) is 0 Å². The van der Waals surface area contributed by atoms with Crippen molar-refractivity contribution in [3.63, 3.8) is 0 Å². The molecular weight excluding hydrogens is 282 g/mol. The Balaban J connectivity index is 2.33. The molecule has 1 heterocycles. The monoisotopic (exact) mass is 295 g/mol. The predicted octanol–water partition coefficient (Wildman–Crippen LogP) is 3.08. The Morgan fingerprint density at radius 2 is 2.00 bits per heavy atom. The van der Waals surface area contributed by atoms with Gasteiger partial charge < -0.3 is 10.3 Å². The third-order valence-electron chi connectivity index (χ3n) is 2.75. The number of halogens is 1. The van der Waals surface area contributed by atoms with Crippen LogP contribution < -0.4 is 5.73 Å². The van der Waals surface area contributed by atoms with Gasteiger partial charge in [-0.15, -0.1) is 0 Å². The Bertz CT molecular complexity index is 505. The minimum absolute atomic E-state index is 0.470. The Labute approximate surface area is 108 Å². The second-order valence-corrected chi connectivity index (χ2v) is 5.12. The summed E-state index contributed by atoms with van der Waals surface area (Å²) >= 11 is 3.38. The van der Waals surface area contributed by atoms with E-state index in [0.717, 1.165) is 16.5 Å². The van der Waals surface area contributed by atoms with Gasteiger partial charge in [-0.2, -0.15) is 4.98 Å². The highest BCUT2D eigenvalue weighted by molar-refractivity contribution is 9.10. The lowest BCUT2D eigenvalue weighted by molar-refractivity contribution is 0.291. The molecule has 0 spiro atoms. The number of nitrogens with two attached hydrogens (primary N) is 1. The molecule has 17 heavy (non-hydrogen) atoms. The first-order valence-corrected chi connectivity index (χ1v) is 6.21. The molecule has 2 rings (SSSR count). The van der Waals surface area contributed by atoms with E-state index >= 15 is 0 Å². The molecule has 1 atom stereocenters. The van der Waals surface area contributed by atoms with Crippen molar-refractivity contribution < 1.29 is 4.52 Å². The molecule has 0 saturated carbocycles. The molecule has 0 aliphatic heterocycles. The van der Waals surface area contributed by atoms with E-state index in [9.17, 15) is 0 Å². The summed E-state index contributed by atoms with van der Waals surface area (Å²) in [5.74, 6) is 1.04. The number of benzene rings is 1. The summed E-state index contributed by atoms with van der Waals surface area (Å²) in [5, 5.41) is 3.95. The van der Waals surface area contributed by atoms with E-state index in [4.69, 9.17) is 10.3 Å². The van der Waals surface area contributed by atoms with Crippen molar-refractivity contribution >= 4 is 15.9 Å².